The average Bonchev–Trinajstić information content (AvgIpc) is 2.73. The van der Waals surface area contributed by atoms with Crippen molar-refractivity contribution >= 4 is 28.8 Å². The van der Waals surface area contributed by atoms with Crippen molar-refractivity contribution in [2.24, 2.45) is 0 Å². The maximum absolute atomic E-state index is 6.49. The molecule has 0 saturated carbocycles. The van der Waals surface area contributed by atoms with E-state index in [0.717, 1.165) is 54.5 Å². The van der Waals surface area contributed by atoms with Gasteiger partial charge in [0.1, 0.15) is 0 Å². The maximum atomic E-state index is 6.49. The van der Waals surface area contributed by atoms with Gasteiger partial charge in [0.2, 0.25) is 0 Å². The summed E-state index contributed by atoms with van der Waals surface area (Å²) in [7, 11) is 0. The fourth-order valence-electron chi connectivity index (χ4n) is 3.66. The van der Waals surface area contributed by atoms with Gasteiger partial charge in [-0.1, -0.05) is 34.8 Å². The van der Waals surface area contributed by atoms with Crippen LogP contribution in [0.1, 0.15) is 35.2 Å². The van der Waals surface area contributed by atoms with Crippen molar-refractivity contribution in [2.45, 2.75) is 25.7 Å². The largest absolute Gasteiger partial charge is 0.316 e. The minimum Gasteiger partial charge on any atom is -0.316 e. The Morgan fingerprint density at radius 2 is 1.78 bits per heavy atom. The molecule has 0 radical (unpaired) electrons. The van der Waals surface area contributed by atoms with E-state index in [-0.39, 0.29) is 0 Å². The first kappa shape index (κ1) is 15.2. The molecule has 4 rings (SSSR count). The van der Waals surface area contributed by atoms with Crippen LogP contribution >= 0.6 is 23.2 Å². The summed E-state index contributed by atoms with van der Waals surface area (Å²) in [5.74, 6) is 0. The number of aromatic nitrogens is 1. The van der Waals surface area contributed by atoms with Gasteiger partial charge in [-0.2, -0.15) is 0 Å². The Bertz CT molecular complexity index is 788. The molecule has 0 atom stereocenters. The van der Waals surface area contributed by atoms with E-state index in [4.69, 9.17) is 28.2 Å². The number of rotatable bonds is 0. The molecular formula is C19H18Cl2N2. The highest BCUT2D eigenvalue weighted by atomic mass is 35.5. The fraction of sp³-hybridized carbons (Fsp3) is 0.316. The summed E-state index contributed by atoms with van der Waals surface area (Å²) in [6, 6.07) is 8.13. The second-order valence-electron chi connectivity index (χ2n) is 6.15. The van der Waals surface area contributed by atoms with Crippen LogP contribution in [0.4, 0.5) is 0 Å². The van der Waals surface area contributed by atoms with Crippen LogP contribution in [0, 0.1) is 0 Å². The van der Waals surface area contributed by atoms with Crippen LogP contribution in [-0.2, 0) is 12.8 Å². The zero-order chi connectivity index (χ0) is 15.8. The first-order valence-electron chi connectivity index (χ1n) is 8.09. The van der Waals surface area contributed by atoms with Gasteiger partial charge in [-0.25, -0.2) is 0 Å². The average molecular weight is 345 g/mol. The highest BCUT2D eigenvalue weighted by molar-refractivity contribution is 6.31. The number of aryl methyl sites for hydroxylation is 1. The molecule has 1 aliphatic carbocycles. The van der Waals surface area contributed by atoms with E-state index in [9.17, 15) is 0 Å². The molecule has 1 aromatic carbocycles. The van der Waals surface area contributed by atoms with E-state index < -0.39 is 0 Å². The Balaban J connectivity index is 2.00. The lowest BCUT2D eigenvalue weighted by atomic mass is 9.89. The van der Waals surface area contributed by atoms with Crippen molar-refractivity contribution in [2.75, 3.05) is 13.1 Å². The molecule has 1 aliphatic heterocycles. The minimum atomic E-state index is 0.795. The molecule has 2 aromatic rings. The van der Waals surface area contributed by atoms with E-state index in [2.05, 4.69) is 17.4 Å². The maximum Gasteiger partial charge on any atom is 0.0754 e. The van der Waals surface area contributed by atoms with Gasteiger partial charge in [-0.3, -0.25) is 4.98 Å². The van der Waals surface area contributed by atoms with Crippen LogP contribution < -0.4 is 5.32 Å². The van der Waals surface area contributed by atoms with Crippen molar-refractivity contribution in [3.05, 3.63) is 68.5 Å². The predicted molar refractivity (Wildman–Crippen MR) is 96.2 cm³/mol. The molecule has 1 fully saturated rings. The Labute approximate surface area is 146 Å². The molecule has 2 heterocycles. The van der Waals surface area contributed by atoms with Crippen molar-refractivity contribution in [1.29, 1.82) is 0 Å². The van der Waals surface area contributed by atoms with Crippen LogP contribution in [0.2, 0.25) is 10.0 Å². The number of nitrogens with one attached hydrogen (secondary N) is 1. The van der Waals surface area contributed by atoms with Crippen LogP contribution in [0.15, 0.2) is 36.0 Å². The fourth-order valence-corrected chi connectivity index (χ4v) is 4.09. The molecule has 23 heavy (non-hydrogen) atoms. The Kier molecular flexibility index (Phi) is 4.14. The van der Waals surface area contributed by atoms with E-state index in [0.29, 0.717) is 0 Å². The molecule has 1 N–H and O–H groups in total. The van der Waals surface area contributed by atoms with Gasteiger partial charge in [-0.15, -0.1) is 0 Å². The first-order valence-corrected chi connectivity index (χ1v) is 8.85. The Morgan fingerprint density at radius 1 is 0.957 bits per heavy atom. The number of piperidine rings is 1. The molecule has 118 valence electrons. The van der Waals surface area contributed by atoms with Crippen molar-refractivity contribution in [1.82, 2.24) is 10.3 Å². The van der Waals surface area contributed by atoms with E-state index >= 15 is 0 Å². The van der Waals surface area contributed by atoms with Crippen LogP contribution in [-0.4, -0.2) is 18.1 Å². The second kappa shape index (κ2) is 6.27. The summed E-state index contributed by atoms with van der Waals surface area (Å²) in [5.41, 5.74) is 7.57. The summed E-state index contributed by atoms with van der Waals surface area (Å²) in [6.45, 7) is 2.05. The number of fused-ring (bicyclic) bond motifs is 2. The zero-order valence-corrected chi connectivity index (χ0v) is 14.3. The topological polar surface area (TPSA) is 24.9 Å². The van der Waals surface area contributed by atoms with Gasteiger partial charge < -0.3 is 5.32 Å². The van der Waals surface area contributed by atoms with E-state index in [1.54, 1.807) is 0 Å². The summed E-state index contributed by atoms with van der Waals surface area (Å²) in [4.78, 5) is 4.72. The quantitative estimate of drug-likeness (QED) is 0.750. The third kappa shape index (κ3) is 2.80. The number of nitrogens with zero attached hydrogens (tertiary/aromatic N) is 1. The minimum absolute atomic E-state index is 0.795. The second-order valence-corrected chi connectivity index (χ2v) is 6.99. The van der Waals surface area contributed by atoms with Crippen molar-refractivity contribution < 1.29 is 0 Å². The first-order chi connectivity index (χ1) is 11.2. The highest BCUT2D eigenvalue weighted by Gasteiger charge is 2.24. The number of halogens is 2. The van der Waals surface area contributed by atoms with Gasteiger partial charge in [0.15, 0.2) is 0 Å². The number of hydrogen-bond donors (Lipinski definition) is 1. The molecule has 0 amide bonds. The summed E-state index contributed by atoms with van der Waals surface area (Å²) < 4.78 is 0. The van der Waals surface area contributed by atoms with Crippen molar-refractivity contribution in [3.63, 3.8) is 0 Å². The van der Waals surface area contributed by atoms with Gasteiger partial charge in [0.05, 0.1) is 5.69 Å². The third-order valence-corrected chi connectivity index (χ3v) is 5.37. The van der Waals surface area contributed by atoms with Gasteiger partial charge in [0, 0.05) is 21.8 Å². The Morgan fingerprint density at radius 3 is 2.61 bits per heavy atom. The monoisotopic (exact) mass is 344 g/mol. The number of pyridine rings is 1. The van der Waals surface area contributed by atoms with Crippen molar-refractivity contribution in [3.8, 4) is 0 Å². The van der Waals surface area contributed by atoms with E-state index in [1.165, 1.54) is 27.8 Å². The standard InChI is InChI=1S/C19H18Cl2N2/c20-14-2-4-15-13(11-14)1-3-16-17(21)7-10-23-19(16)18(15)12-5-8-22-9-6-12/h2,4,7,10-11,22H,1,3,5-6,8-9H2. The number of hydrogen-bond acceptors (Lipinski definition) is 2. The lowest BCUT2D eigenvalue weighted by Crippen LogP contribution is -2.24. The molecule has 1 saturated heterocycles. The van der Waals surface area contributed by atoms with Gasteiger partial charge in [0.25, 0.3) is 0 Å². The molecule has 2 nitrogen and oxygen atoms in total. The lowest BCUT2D eigenvalue weighted by molar-refractivity contribution is 0.611. The highest BCUT2D eigenvalue weighted by Crippen LogP contribution is 2.39. The van der Waals surface area contributed by atoms with Crippen LogP contribution in [0.5, 0.6) is 0 Å². The predicted octanol–water partition coefficient (Wildman–Crippen LogP) is 4.67. The Hall–Kier alpha value is -1.35. The third-order valence-electron chi connectivity index (χ3n) is 4.78. The SMILES string of the molecule is Clc1ccc2c(c1)CCc1c(Cl)ccnc1C2=C1CCNCC1. The lowest BCUT2D eigenvalue weighted by Gasteiger charge is -2.22. The van der Waals surface area contributed by atoms with Crippen LogP contribution in [0.25, 0.3) is 5.57 Å². The van der Waals surface area contributed by atoms with Gasteiger partial charge in [-0.05, 0) is 73.7 Å². The molecule has 0 spiro atoms. The molecular weight excluding hydrogens is 327 g/mol. The van der Waals surface area contributed by atoms with Gasteiger partial charge >= 0.3 is 0 Å². The summed E-state index contributed by atoms with van der Waals surface area (Å²) in [5, 5.41) is 5.05. The molecule has 0 unspecified atom stereocenters. The molecule has 0 bridgehead atoms. The van der Waals surface area contributed by atoms with Crippen LogP contribution in [0.3, 0.4) is 0 Å². The normalized spacial score (nSPS) is 17.5. The summed E-state index contributed by atoms with van der Waals surface area (Å²) >= 11 is 12.7. The summed E-state index contributed by atoms with van der Waals surface area (Å²) in [6.07, 6.45) is 5.80. The molecule has 1 aromatic heterocycles. The molecule has 2 aliphatic rings. The number of benzene rings is 1. The smallest absolute Gasteiger partial charge is 0.0754 e. The van der Waals surface area contributed by atoms with E-state index in [1.807, 2.05) is 18.3 Å². The zero-order valence-electron chi connectivity index (χ0n) is 12.8. The molecule has 4 heteroatoms.